The number of benzene rings is 4. The molecule has 2 N–H and O–H groups in total. The van der Waals surface area contributed by atoms with E-state index in [1.165, 1.54) is 0 Å². The molecule has 4 aromatic rings. The highest BCUT2D eigenvalue weighted by molar-refractivity contribution is 5.50. The lowest BCUT2D eigenvalue weighted by Gasteiger charge is -2.36. The van der Waals surface area contributed by atoms with Crippen LogP contribution in [-0.4, -0.2) is 39.8 Å². The first-order valence-corrected chi connectivity index (χ1v) is 13.0. The van der Waals surface area contributed by atoms with Crippen molar-refractivity contribution < 1.29 is 19.7 Å². The first-order valence-electron chi connectivity index (χ1n) is 13.0. The Morgan fingerprint density at radius 1 is 0.632 bits per heavy atom. The SMILES string of the molecule is Cc1cc(CN2CCCN(Cc3cc(C)c(O)c(Oc4ccccc4)c3)C2)cc(Oc2ccccc2)c1O. The molecule has 0 spiro atoms. The fourth-order valence-electron chi connectivity index (χ4n) is 4.92. The van der Waals surface area contributed by atoms with E-state index in [1.54, 1.807) is 0 Å². The number of phenols is 2. The van der Waals surface area contributed by atoms with Crippen LogP contribution >= 0.6 is 0 Å². The summed E-state index contributed by atoms with van der Waals surface area (Å²) in [6.07, 6.45) is 1.06. The summed E-state index contributed by atoms with van der Waals surface area (Å²) in [5.41, 5.74) is 3.81. The van der Waals surface area contributed by atoms with Crippen molar-refractivity contribution >= 4 is 0 Å². The molecule has 0 amide bonds. The molecule has 0 aliphatic carbocycles. The molecule has 1 aliphatic rings. The third-order valence-corrected chi connectivity index (χ3v) is 6.75. The first-order chi connectivity index (χ1) is 18.4. The van der Waals surface area contributed by atoms with Gasteiger partial charge >= 0.3 is 0 Å². The van der Waals surface area contributed by atoms with Crippen molar-refractivity contribution in [2.24, 2.45) is 0 Å². The standard InChI is InChI=1S/C32H34N2O4/c1-23-16-25(18-29(31(23)35)37-27-10-5-3-6-11-27)20-33-14-9-15-34(22-33)21-26-17-24(2)32(36)30(19-26)38-28-12-7-4-8-13-28/h3-8,10-13,16-19,35-36H,9,14-15,20-22H2,1-2H3. The number of phenolic OH excluding ortho intramolecular Hbond substituents is 2. The smallest absolute Gasteiger partial charge is 0.169 e. The molecule has 0 radical (unpaired) electrons. The molecule has 1 saturated heterocycles. The summed E-state index contributed by atoms with van der Waals surface area (Å²) < 4.78 is 12.0. The summed E-state index contributed by atoms with van der Waals surface area (Å²) in [7, 11) is 0. The maximum absolute atomic E-state index is 10.6. The van der Waals surface area contributed by atoms with Crippen LogP contribution in [0.5, 0.6) is 34.5 Å². The molecular weight excluding hydrogens is 476 g/mol. The molecule has 0 unspecified atom stereocenters. The monoisotopic (exact) mass is 510 g/mol. The molecule has 0 aromatic heterocycles. The van der Waals surface area contributed by atoms with E-state index >= 15 is 0 Å². The van der Waals surface area contributed by atoms with Gasteiger partial charge in [-0.15, -0.1) is 0 Å². The van der Waals surface area contributed by atoms with Gasteiger partial charge in [-0.1, -0.05) is 48.5 Å². The lowest BCUT2D eigenvalue weighted by Crippen LogP contribution is -2.43. The van der Waals surface area contributed by atoms with Crippen LogP contribution in [0.3, 0.4) is 0 Å². The summed E-state index contributed by atoms with van der Waals surface area (Å²) in [4.78, 5) is 4.83. The van der Waals surface area contributed by atoms with E-state index in [-0.39, 0.29) is 11.5 Å². The van der Waals surface area contributed by atoms with Gasteiger partial charge in [-0.3, -0.25) is 9.80 Å². The fourth-order valence-corrected chi connectivity index (χ4v) is 4.92. The van der Waals surface area contributed by atoms with E-state index < -0.39 is 0 Å². The van der Waals surface area contributed by atoms with Crippen LogP contribution in [0.1, 0.15) is 28.7 Å². The second-order valence-electron chi connectivity index (χ2n) is 9.95. The Bertz CT molecular complexity index is 1270. The summed E-state index contributed by atoms with van der Waals surface area (Å²) in [5.74, 6) is 2.70. The van der Waals surface area contributed by atoms with Crippen molar-refractivity contribution in [3.8, 4) is 34.5 Å². The number of rotatable bonds is 8. The average Bonchev–Trinajstić information content (AvgIpc) is 2.91. The summed E-state index contributed by atoms with van der Waals surface area (Å²) in [5, 5.41) is 21.2. The minimum atomic E-state index is 0.175. The van der Waals surface area contributed by atoms with Gasteiger partial charge in [0.15, 0.2) is 23.0 Å². The number of aryl methyl sites for hydroxylation is 2. The zero-order valence-corrected chi connectivity index (χ0v) is 21.9. The predicted molar refractivity (Wildman–Crippen MR) is 149 cm³/mol. The quantitative estimate of drug-likeness (QED) is 0.267. The van der Waals surface area contributed by atoms with Gasteiger partial charge < -0.3 is 19.7 Å². The Hall–Kier alpha value is -4.00. The van der Waals surface area contributed by atoms with E-state index in [9.17, 15) is 10.2 Å². The molecule has 1 heterocycles. The van der Waals surface area contributed by atoms with Gasteiger partial charge in [0, 0.05) is 26.2 Å². The molecule has 0 atom stereocenters. The molecule has 6 nitrogen and oxygen atoms in total. The van der Waals surface area contributed by atoms with Gasteiger partial charge in [0.25, 0.3) is 0 Å². The topological polar surface area (TPSA) is 65.4 Å². The Labute approximate surface area is 224 Å². The lowest BCUT2D eigenvalue weighted by molar-refractivity contribution is 0.0745. The molecular formula is C32H34N2O4. The van der Waals surface area contributed by atoms with E-state index in [0.717, 1.165) is 61.5 Å². The van der Waals surface area contributed by atoms with Crippen molar-refractivity contribution in [2.45, 2.75) is 33.4 Å². The van der Waals surface area contributed by atoms with Gasteiger partial charge in [-0.25, -0.2) is 0 Å². The largest absolute Gasteiger partial charge is 0.504 e. The molecule has 0 saturated carbocycles. The number of hydrogen-bond acceptors (Lipinski definition) is 6. The van der Waals surface area contributed by atoms with E-state index in [2.05, 4.69) is 9.80 Å². The van der Waals surface area contributed by atoms with Crippen molar-refractivity contribution in [3.05, 3.63) is 107 Å². The third kappa shape index (κ3) is 6.28. The molecule has 1 fully saturated rings. The Kier molecular flexibility index (Phi) is 7.82. The van der Waals surface area contributed by atoms with Crippen LogP contribution in [-0.2, 0) is 13.1 Å². The highest BCUT2D eigenvalue weighted by atomic mass is 16.5. The first kappa shape index (κ1) is 25.6. The number of para-hydroxylation sites is 2. The maximum atomic E-state index is 10.6. The van der Waals surface area contributed by atoms with Gasteiger partial charge in [0.05, 0.1) is 6.67 Å². The number of nitrogens with zero attached hydrogens (tertiary/aromatic N) is 2. The van der Waals surface area contributed by atoms with Crippen molar-refractivity contribution in [2.75, 3.05) is 19.8 Å². The third-order valence-electron chi connectivity index (χ3n) is 6.75. The highest BCUT2D eigenvalue weighted by Gasteiger charge is 2.20. The second kappa shape index (κ2) is 11.6. The molecule has 5 rings (SSSR count). The molecule has 6 heteroatoms. The van der Waals surface area contributed by atoms with E-state index in [0.29, 0.717) is 23.0 Å². The van der Waals surface area contributed by atoms with Crippen LogP contribution < -0.4 is 9.47 Å². The summed E-state index contributed by atoms with van der Waals surface area (Å²) in [6, 6.07) is 27.0. The minimum Gasteiger partial charge on any atom is -0.504 e. The normalized spacial score (nSPS) is 14.4. The van der Waals surface area contributed by atoms with Crippen LogP contribution in [0.2, 0.25) is 0 Å². The maximum Gasteiger partial charge on any atom is 0.169 e. The summed E-state index contributed by atoms with van der Waals surface area (Å²) in [6.45, 7) is 8.16. The van der Waals surface area contributed by atoms with Crippen molar-refractivity contribution in [3.63, 3.8) is 0 Å². The number of ether oxygens (including phenoxy) is 2. The minimum absolute atomic E-state index is 0.175. The highest BCUT2D eigenvalue weighted by Crippen LogP contribution is 2.36. The van der Waals surface area contributed by atoms with Gasteiger partial charge in [0.1, 0.15) is 11.5 Å². The van der Waals surface area contributed by atoms with Gasteiger partial charge in [-0.2, -0.15) is 0 Å². The van der Waals surface area contributed by atoms with E-state index in [1.807, 2.05) is 98.8 Å². The molecule has 196 valence electrons. The van der Waals surface area contributed by atoms with Crippen LogP contribution in [0, 0.1) is 13.8 Å². The predicted octanol–water partition coefficient (Wildman–Crippen LogP) is 6.96. The van der Waals surface area contributed by atoms with Crippen molar-refractivity contribution in [1.82, 2.24) is 9.80 Å². The lowest BCUT2D eigenvalue weighted by atomic mass is 10.1. The van der Waals surface area contributed by atoms with Crippen LogP contribution in [0.15, 0.2) is 84.9 Å². The Morgan fingerprint density at radius 3 is 1.47 bits per heavy atom. The number of aromatic hydroxyl groups is 2. The fraction of sp³-hybridized carbons (Fsp3) is 0.250. The van der Waals surface area contributed by atoms with Crippen molar-refractivity contribution in [1.29, 1.82) is 0 Å². The second-order valence-corrected chi connectivity index (χ2v) is 9.95. The molecule has 1 aliphatic heterocycles. The number of hydrogen-bond donors (Lipinski definition) is 2. The molecule has 4 aromatic carbocycles. The Balaban J connectivity index is 1.26. The van der Waals surface area contributed by atoms with Crippen LogP contribution in [0.4, 0.5) is 0 Å². The average molecular weight is 511 g/mol. The van der Waals surface area contributed by atoms with Gasteiger partial charge in [-0.05, 0) is 78.9 Å². The molecule has 0 bridgehead atoms. The van der Waals surface area contributed by atoms with Gasteiger partial charge in [0.2, 0.25) is 0 Å². The zero-order valence-electron chi connectivity index (χ0n) is 21.9. The molecule has 38 heavy (non-hydrogen) atoms. The summed E-state index contributed by atoms with van der Waals surface area (Å²) >= 11 is 0. The van der Waals surface area contributed by atoms with Crippen LogP contribution in [0.25, 0.3) is 0 Å². The Morgan fingerprint density at radius 2 is 1.05 bits per heavy atom. The van der Waals surface area contributed by atoms with E-state index in [4.69, 9.17) is 9.47 Å². The zero-order chi connectivity index (χ0) is 26.5.